The largest absolute Gasteiger partial charge is 0.337 e. The van der Waals surface area contributed by atoms with Crippen LogP contribution in [-0.4, -0.2) is 37.3 Å². The minimum atomic E-state index is -3.61. The van der Waals surface area contributed by atoms with Crippen molar-refractivity contribution < 1.29 is 13.2 Å². The number of nitrogens with zero attached hydrogens (tertiary/aromatic N) is 2. The minimum Gasteiger partial charge on any atom is -0.337 e. The number of nitrogens with one attached hydrogen (secondary N) is 3. The monoisotopic (exact) mass is 427 g/mol. The first kappa shape index (κ1) is 21.5. The Labute approximate surface area is 176 Å². The fourth-order valence-corrected chi connectivity index (χ4v) is 4.00. The normalized spacial score (nSPS) is 11.3. The maximum absolute atomic E-state index is 12.3. The number of urea groups is 1. The van der Waals surface area contributed by atoms with Crippen LogP contribution >= 0.6 is 0 Å². The van der Waals surface area contributed by atoms with E-state index in [1.54, 1.807) is 28.9 Å². The fourth-order valence-electron chi connectivity index (χ4n) is 2.96. The van der Waals surface area contributed by atoms with Gasteiger partial charge < -0.3 is 10.6 Å². The van der Waals surface area contributed by atoms with Gasteiger partial charge in [-0.05, 0) is 45.0 Å². The van der Waals surface area contributed by atoms with Gasteiger partial charge in [0, 0.05) is 13.1 Å². The molecule has 0 unspecified atom stereocenters. The molecule has 3 rings (SSSR count). The predicted octanol–water partition coefficient (Wildman–Crippen LogP) is 2.90. The number of benzene rings is 2. The summed E-state index contributed by atoms with van der Waals surface area (Å²) < 4.78 is 28.8. The van der Waals surface area contributed by atoms with Gasteiger partial charge in [-0.3, -0.25) is 0 Å². The third-order valence-corrected chi connectivity index (χ3v) is 6.04. The summed E-state index contributed by atoms with van der Waals surface area (Å²) in [7, 11) is -3.61. The summed E-state index contributed by atoms with van der Waals surface area (Å²) in [5, 5.41) is 9.93. The molecule has 0 aliphatic heterocycles. The van der Waals surface area contributed by atoms with E-state index < -0.39 is 16.1 Å². The first-order valence-corrected chi connectivity index (χ1v) is 11.0. The molecule has 3 N–H and O–H groups in total. The van der Waals surface area contributed by atoms with Gasteiger partial charge in [-0.2, -0.15) is 5.10 Å². The van der Waals surface area contributed by atoms with E-state index in [2.05, 4.69) is 20.5 Å². The third kappa shape index (κ3) is 5.05. The second-order valence-corrected chi connectivity index (χ2v) is 8.65. The summed E-state index contributed by atoms with van der Waals surface area (Å²) in [5.41, 5.74) is 3.99. The fraction of sp³-hybridized carbons (Fsp3) is 0.238. The van der Waals surface area contributed by atoms with Gasteiger partial charge in [-0.15, -0.1) is 0 Å². The predicted molar refractivity (Wildman–Crippen MR) is 116 cm³/mol. The molecule has 9 heteroatoms. The maximum atomic E-state index is 12.3. The van der Waals surface area contributed by atoms with Gasteiger partial charge in [0.05, 0.1) is 27.7 Å². The zero-order valence-electron chi connectivity index (χ0n) is 17.1. The Morgan fingerprint density at radius 2 is 1.63 bits per heavy atom. The minimum absolute atomic E-state index is 0.0743. The van der Waals surface area contributed by atoms with Crippen molar-refractivity contribution in [1.82, 2.24) is 19.8 Å². The summed E-state index contributed by atoms with van der Waals surface area (Å²) in [6.07, 6.45) is 0. The summed E-state index contributed by atoms with van der Waals surface area (Å²) in [6, 6.07) is 15.8. The van der Waals surface area contributed by atoms with Crippen LogP contribution in [0.5, 0.6) is 0 Å². The molecule has 0 radical (unpaired) electrons. The Bertz CT molecular complexity index is 1120. The second kappa shape index (κ2) is 9.10. The molecule has 0 saturated carbocycles. The Kier molecular flexibility index (Phi) is 6.53. The van der Waals surface area contributed by atoms with Crippen LogP contribution in [0.15, 0.2) is 59.5 Å². The molecule has 0 fully saturated rings. The van der Waals surface area contributed by atoms with Crippen LogP contribution in [0, 0.1) is 20.8 Å². The van der Waals surface area contributed by atoms with Crippen LogP contribution < -0.4 is 15.4 Å². The highest BCUT2D eigenvalue weighted by Crippen LogP contribution is 2.22. The molecule has 2 amide bonds. The SMILES string of the molecule is Cc1ccc(S(=O)(=O)NCCNC(=O)Nc2c(C)nn(-c3ccccc3)c2C)cc1. The van der Waals surface area contributed by atoms with Gasteiger partial charge in [-0.25, -0.2) is 22.6 Å². The lowest BCUT2D eigenvalue weighted by atomic mass is 10.2. The van der Waals surface area contributed by atoms with Crippen LogP contribution in [0.25, 0.3) is 5.69 Å². The van der Waals surface area contributed by atoms with Gasteiger partial charge in [0.15, 0.2) is 0 Å². The van der Waals surface area contributed by atoms with Crippen LogP contribution in [0.2, 0.25) is 0 Å². The highest BCUT2D eigenvalue weighted by molar-refractivity contribution is 7.89. The Morgan fingerprint density at radius 3 is 2.30 bits per heavy atom. The van der Waals surface area contributed by atoms with Crippen LogP contribution in [-0.2, 0) is 10.0 Å². The molecular weight excluding hydrogens is 402 g/mol. The topological polar surface area (TPSA) is 105 Å². The molecule has 8 nitrogen and oxygen atoms in total. The molecule has 1 heterocycles. The summed E-state index contributed by atoms with van der Waals surface area (Å²) >= 11 is 0. The highest BCUT2D eigenvalue weighted by atomic mass is 32.2. The van der Waals surface area contributed by atoms with E-state index in [1.165, 1.54) is 0 Å². The molecule has 1 aromatic heterocycles. The number of para-hydroxylation sites is 1. The van der Waals surface area contributed by atoms with Crippen molar-refractivity contribution in [2.45, 2.75) is 25.7 Å². The van der Waals surface area contributed by atoms with E-state index in [1.807, 2.05) is 51.1 Å². The highest BCUT2D eigenvalue weighted by Gasteiger charge is 2.16. The average Bonchev–Trinajstić information content (AvgIpc) is 3.00. The van der Waals surface area contributed by atoms with E-state index in [0.717, 1.165) is 16.9 Å². The lowest BCUT2D eigenvalue weighted by molar-refractivity contribution is 0.252. The molecular formula is C21H25N5O3S. The van der Waals surface area contributed by atoms with Crippen LogP contribution in [0.3, 0.4) is 0 Å². The van der Waals surface area contributed by atoms with Gasteiger partial charge in [-0.1, -0.05) is 35.9 Å². The molecule has 0 aliphatic carbocycles. The Balaban J connectivity index is 1.54. The van der Waals surface area contributed by atoms with Crippen molar-refractivity contribution in [3.05, 3.63) is 71.5 Å². The van der Waals surface area contributed by atoms with E-state index in [9.17, 15) is 13.2 Å². The zero-order valence-corrected chi connectivity index (χ0v) is 18.0. The van der Waals surface area contributed by atoms with Crippen LogP contribution in [0.1, 0.15) is 17.0 Å². The standard InChI is InChI=1S/C21H25N5O3S/c1-15-9-11-19(12-10-15)30(28,29)23-14-13-22-21(27)24-20-16(2)25-26(17(20)3)18-7-5-4-6-8-18/h4-12,23H,13-14H2,1-3H3,(H2,22,24,27). The smallest absolute Gasteiger partial charge is 0.319 e. The van der Waals surface area contributed by atoms with Gasteiger partial charge >= 0.3 is 6.03 Å². The van der Waals surface area contributed by atoms with Crippen molar-refractivity contribution in [3.8, 4) is 5.69 Å². The number of sulfonamides is 1. The van der Waals surface area contributed by atoms with Gasteiger partial charge in [0.1, 0.15) is 0 Å². The number of rotatable bonds is 7. The maximum Gasteiger partial charge on any atom is 0.319 e. The van der Waals surface area contributed by atoms with E-state index in [-0.39, 0.29) is 18.0 Å². The van der Waals surface area contributed by atoms with Crippen molar-refractivity contribution in [1.29, 1.82) is 0 Å². The molecule has 3 aromatic rings. The van der Waals surface area contributed by atoms with Gasteiger partial charge in [0.25, 0.3) is 0 Å². The quantitative estimate of drug-likeness (QED) is 0.504. The van der Waals surface area contributed by atoms with Gasteiger partial charge in [0.2, 0.25) is 10.0 Å². The molecule has 158 valence electrons. The van der Waals surface area contributed by atoms with E-state index in [4.69, 9.17) is 0 Å². The second-order valence-electron chi connectivity index (χ2n) is 6.88. The van der Waals surface area contributed by atoms with Crippen molar-refractivity contribution in [2.75, 3.05) is 18.4 Å². The number of aryl methyl sites for hydroxylation is 2. The zero-order chi connectivity index (χ0) is 21.7. The van der Waals surface area contributed by atoms with Crippen LogP contribution in [0.4, 0.5) is 10.5 Å². The average molecular weight is 428 g/mol. The molecule has 0 atom stereocenters. The molecule has 0 saturated heterocycles. The first-order valence-electron chi connectivity index (χ1n) is 9.51. The number of anilines is 1. The van der Waals surface area contributed by atoms with Crippen molar-refractivity contribution >= 4 is 21.7 Å². The molecule has 0 bridgehead atoms. The molecule has 0 aliphatic rings. The lowest BCUT2D eigenvalue weighted by Gasteiger charge is -2.10. The first-order chi connectivity index (χ1) is 14.3. The lowest BCUT2D eigenvalue weighted by Crippen LogP contribution is -2.37. The number of carbonyl (C=O) groups is 1. The van der Waals surface area contributed by atoms with E-state index in [0.29, 0.717) is 11.4 Å². The third-order valence-electron chi connectivity index (χ3n) is 4.56. The number of carbonyl (C=O) groups excluding carboxylic acids is 1. The van der Waals surface area contributed by atoms with E-state index >= 15 is 0 Å². The summed E-state index contributed by atoms with van der Waals surface area (Å²) in [6.45, 7) is 5.79. The van der Waals surface area contributed by atoms with Crippen molar-refractivity contribution in [3.63, 3.8) is 0 Å². The Morgan fingerprint density at radius 1 is 0.967 bits per heavy atom. The number of hydrogen-bond donors (Lipinski definition) is 3. The molecule has 2 aromatic carbocycles. The summed E-state index contributed by atoms with van der Waals surface area (Å²) in [5.74, 6) is 0. The number of amides is 2. The number of aromatic nitrogens is 2. The van der Waals surface area contributed by atoms with Crippen molar-refractivity contribution in [2.24, 2.45) is 0 Å². The summed E-state index contributed by atoms with van der Waals surface area (Å²) in [4.78, 5) is 12.4. The number of hydrogen-bond acceptors (Lipinski definition) is 4. The molecule has 0 spiro atoms. The Hall–Kier alpha value is -3.17. The molecule has 30 heavy (non-hydrogen) atoms.